The molecule has 0 atom stereocenters. The molecule has 1 aliphatic rings. The maximum absolute atomic E-state index is 12.0. The number of benzene rings is 1. The molecule has 0 unspecified atom stereocenters. The summed E-state index contributed by atoms with van der Waals surface area (Å²) in [6.07, 6.45) is 5.09. The molecular formula is C16H15NO5. The number of carbonyl (C=O) groups is 1. The fourth-order valence-electron chi connectivity index (χ4n) is 2.88. The van der Waals surface area contributed by atoms with Gasteiger partial charge >= 0.3 is 11.7 Å². The van der Waals surface area contributed by atoms with Gasteiger partial charge in [-0.1, -0.05) is 0 Å². The Hall–Kier alpha value is -2.63. The van der Waals surface area contributed by atoms with Crippen LogP contribution in [0.2, 0.25) is 0 Å². The van der Waals surface area contributed by atoms with Crippen molar-refractivity contribution in [3.63, 3.8) is 0 Å². The third-order valence-corrected chi connectivity index (χ3v) is 3.96. The van der Waals surface area contributed by atoms with Crippen molar-refractivity contribution in [2.75, 3.05) is 0 Å². The SMILES string of the molecule is Cc1c2c(cc([N+](=O)[O-])c1OC(=O)c1ccco1)CCCC2. The fraction of sp³-hybridized carbons (Fsp3) is 0.312. The number of esters is 1. The molecule has 3 rings (SSSR count). The van der Waals surface area contributed by atoms with E-state index < -0.39 is 10.9 Å². The predicted octanol–water partition coefficient (Wildman–Crippen LogP) is 3.59. The van der Waals surface area contributed by atoms with E-state index >= 15 is 0 Å². The second-order valence-corrected chi connectivity index (χ2v) is 5.32. The van der Waals surface area contributed by atoms with Crippen molar-refractivity contribution in [2.24, 2.45) is 0 Å². The molecule has 0 saturated heterocycles. The minimum Gasteiger partial charge on any atom is -0.457 e. The van der Waals surface area contributed by atoms with Gasteiger partial charge in [-0.05, 0) is 55.9 Å². The summed E-state index contributed by atoms with van der Waals surface area (Å²) in [6, 6.07) is 4.55. The molecule has 1 aliphatic carbocycles. The molecule has 22 heavy (non-hydrogen) atoms. The molecule has 0 fully saturated rings. The molecule has 0 spiro atoms. The van der Waals surface area contributed by atoms with Gasteiger partial charge in [0.05, 0.1) is 11.2 Å². The van der Waals surface area contributed by atoms with Crippen LogP contribution in [0.4, 0.5) is 5.69 Å². The Kier molecular flexibility index (Phi) is 3.66. The van der Waals surface area contributed by atoms with Crippen molar-refractivity contribution in [2.45, 2.75) is 32.6 Å². The van der Waals surface area contributed by atoms with Gasteiger partial charge in [0.25, 0.3) is 0 Å². The molecule has 0 amide bonds. The molecule has 0 saturated carbocycles. The van der Waals surface area contributed by atoms with E-state index in [4.69, 9.17) is 9.15 Å². The van der Waals surface area contributed by atoms with Crippen LogP contribution in [0.3, 0.4) is 0 Å². The van der Waals surface area contributed by atoms with Crippen LogP contribution in [-0.4, -0.2) is 10.9 Å². The van der Waals surface area contributed by atoms with Crippen LogP contribution in [0, 0.1) is 17.0 Å². The Balaban J connectivity index is 2.05. The Morgan fingerprint density at radius 3 is 2.82 bits per heavy atom. The van der Waals surface area contributed by atoms with E-state index in [0.717, 1.165) is 36.8 Å². The van der Waals surface area contributed by atoms with Crippen LogP contribution in [0.25, 0.3) is 0 Å². The van der Waals surface area contributed by atoms with Gasteiger partial charge in [-0.2, -0.15) is 0 Å². The van der Waals surface area contributed by atoms with Gasteiger partial charge in [0.15, 0.2) is 0 Å². The first-order valence-electron chi connectivity index (χ1n) is 7.13. The molecule has 1 aromatic heterocycles. The monoisotopic (exact) mass is 301 g/mol. The zero-order chi connectivity index (χ0) is 15.7. The molecule has 6 heteroatoms. The van der Waals surface area contributed by atoms with E-state index in [1.807, 2.05) is 0 Å². The molecule has 0 aliphatic heterocycles. The van der Waals surface area contributed by atoms with E-state index in [9.17, 15) is 14.9 Å². The highest BCUT2D eigenvalue weighted by atomic mass is 16.6. The van der Waals surface area contributed by atoms with Crippen LogP contribution in [0.15, 0.2) is 28.9 Å². The molecule has 1 aromatic carbocycles. The number of aryl methyl sites for hydroxylation is 1. The third kappa shape index (κ3) is 2.47. The summed E-state index contributed by atoms with van der Waals surface area (Å²) in [5, 5.41) is 11.3. The molecule has 0 bridgehead atoms. The second kappa shape index (κ2) is 5.63. The lowest BCUT2D eigenvalue weighted by molar-refractivity contribution is -0.385. The number of hydrogen-bond donors (Lipinski definition) is 0. The van der Waals surface area contributed by atoms with Crippen molar-refractivity contribution in [3.05, 3.63) is 57.0 Å². The second-order valence-electron chi connectivity index (χ2n) is 5.32. The first kappa shape index (κ1) is 14.3. The Morgan fingerprint density at radius 1 is 1.36 bits per heavy atom. The smallest absolute Gasteiger partial charge is 0.379 e. The zero-order valence-corrected chi connectivity index (χ0v) is 12.1. The predicted molar refractivity (Wildman–Crippen MR) is 78.1 cm³/mol. The third-order valence-electron chi connectivity index (χ3n) is 3.96. The summed E-state index contributed by atoms with van der Waals surface area (Å²) in [4.78, 5) is 22.8. The van der Waals surface area contributed by atoms with Crippen LogP contribution in [0.5, 0.6) is 5.75 Å². The summed E-state index contributed by atoms with van der Waals surface area (Å²) in [5.74, 6) is -0.689. The highest BCUT2D eigenvalue weighted by Crippen LogP contribution is 2.38. The van der Waals surface area contributed by atoms with Crippen LogP contribution in [-0.2, 0) is 12.8 Å². The summed E-state index contributed by atoms with van der Waals surface area (Å²) in [7, 11) is 0. The van der Waals surface area contributed by atoms with Gasteiger partial charge in [-0.15, -0.1) is 0 Å². The first-order chi connectivity index (χ1) is 10.6. The van der Waals surface area contributed by atoms with Crippen LogP contribution >= 0.6 is 0 Å². The molecule has 0 N–H and O–H groups in total. The number of nitrogens with zero attached hydrogens (tertiary/aromatic N) is 1. The number of nitro groups is 1. The Bertz CT molecular complexity index is 733. The molecule has 114 valence electrons. The minimum absolute atomic E-state index is 0.0198. The van der Waals surface area contributed by atoms with Crippen molar-refractivity contribution < 1.29 is 18.9 Å². The normalized spacial score (nSPS) is 13.5. The average Bonchev–Trinajstić information content (AvgIpc) is 3.04. The van der Waals surface area contributed by atoms with E-state index in [-0.39, 0.29) is 17.2 Å². The number of furan rings is 1. The minimum atomic E-state index is -0.730. The number of fused-ring (bicyclic) bond motifs is 1. The van der Waals surface area contributed by atoms with Crippen molar-refractivity contribution in [1.82, 2.24) is 0 Å². The van der Waals surface area contributed by atoms with Gasteiger partial charge in [-0.3, -0.25) is 10.1 Å². The van der Waals surface area contributed by atoms with Crippen LogP contribution < -0.4 is 4.74 Å². The molecule has 2 aromatic rings. The van der Waals surface area contributed by atoms with Crippen molar-refractivity contribution in [1.29, 1.82) is 0 Å². The summed E-state index contributed by atoms with van der Waals surface area (Å²) in [5.41, 5.74) is 2.54. The highest BCUT2D eigenvalue weighted by Gasteiger charge is 2.27. The topological polar surface area (TPSA) is 82.6 Å². The van der Waals surface area contributed by atoms with E-state index in [1.54, 1.807) is 13.0 Å². The number of rotatable bonds is 3. The number of ether oxygens (including phenoxy) is 1. The van der Waals surface area contributed by atoms with Crippen LogP contribution in [0.1, 0.15) is 40.1 Å². The number of hydrogen-bond acceptors (Lipinski definition) is 5. The Morgan fingerprint density at radius 2 is 2.14 bits per heavy atom. The summed E-state index contributed by atoms with van der Waals surface area (Å²) < 4.78 is 10.2. The van der Waals surface area contributed by atoms with E-state index in [0.29, 0.717) is 5.56 Å². The summed E-state index contributed by atoms with van der Waals surface area (Å²) in [6.45, 7) is 1.77. The Labute approximate surface area is 126 Å². The fourth-order valence-corrected chi connectivity index (χ4v) is 2.88. The van der Waals surface area contributed by atoms with Gasteiger partial charge < -0.3 is 9.15 Å². The van der Waals surface area contributed by atoms with Gasteiger partial charge in [-0.25, -0.2) is 4.79 Å². The van der Waals surface area contributed by atoms with E-state index in [2.05, 4.69) is 0 Å². The standard InChI is InChI=1S/C16H15NO5/c1-10-12-6-3-2-5-11(12)9-13(17(19)20)15(10)22-16(18)14-7-4-8-21-14/h4,7-9H,2-3,5-6H2,1H3. The number of carbonyl (C=O) groups excluding carboxylic acids is 1. The van der Waals surface area contributed by atoms with E-state index in [1.165, 1.54) is 18.4 Å². The summed E-state index contributed by atoms with van der Waals surface area (Å²) >= 11 is 0. The maximum Gasteiger partial charge on any atom is 0.379 e. The average molecular weight is 301 g/mol. The molecule has 0 radical (unpaired) electrons. The van der Waals surface area contributed by atoms with Crippen molar-refractivity contribution >= 4 is 11.7 Å². The molecule has 1 heterocycles. The van der Waals surface area contributed by atoms with Crippen molar-refractivity contribution in [3.8, 4) is 5.75 Å². The quantitative estimate of drug-likeness (QED) is 0.374. The lowest BCUT2D eigenvalue weighted by Crippen LogP contribution is -2.13. The van der Waals surface area contributed by atoms with Gasteiger partial charge in [0.2, 0.25) is 11.5 Å². The largest absolute Gasteiger partial charge is 0.457 e. The molecule has 6 nitrogen and oxygen atoms in total. The maximum atomic E-state index is 12.0. The first-order valence-corrected chi connectivity index (χ1v) is 7.13. The lowest BCUT2D eigenvalue weighted by atomic mass is 9.87. The highest BCUT2D eigenvalue weighted by molar-refractivity contribution is 5.89. The molecular weight excluding hydrogens is 286 g/mol. The van der Waals surface area contributed by atoms with Gasteiger partial charge in [0.1, 0.15) is 0 Å². The lowest BCUT2D eigenvalue weighted by Gasteiger charge is -2.19. The zero-order valence-electron chi connectivity index (χ0n) is 12.1. The number of nitro benzene ring substituents is 1. The van der Waals surface area contributed by atoms with Gasteiger partial charge in [0, 0.05) is 11.6 Å².